The van der Waals surface area contributed by atoms with Gasteiger partial charge in [-0.1, -0.05) is 48.5 Å². The molecule has 23 heavy (non-hydrogen) atoms. The topological polar surface area (TPSA) is 42.0 Å². The van der Waals surface area contributed by atoms with Gasteiger partial charge < -0.3 is 5.32 Å². The summed E-state index contributed by atoms with van der Waals surface area (Å²) in [6.45, 7) is 0. The Kier molecular flexibility index (Phi) is 5.06. The maximum absolute atomic E-state index is 12.3. The van der Waals surface area contributed by atoms with Crippen molar-refractivity contribution in [3.63, 3.8) is 0 Å². The number of hydrogen-bond acceptors (Lipinski definition) is 3. The number of carbonyl (C=O) groups is 1. The summed E-state index contributed by atoms with van der Waals surface area (Å²) >= 11 is 1.62. The Bertz CT molecular complexity index is 776. The maximum atomic E-state index is 12.3. The highest BCUT2D eigenvalue weighted by atomic mass is 32.2. The third-order valence-electron chi connectivity index (χ3n) is 3.26. The molecule has 3 rings (SSSR count). The van der Waals surface area contributed by atoms with Crippen LogP contribution in [0.2, 0.25) is 0 Å². The van der Waals surface area contributed by atoms with Gasteiger partial charge in [-0.2, -0.15) is 0 Å². The summed E-state index contributed by atoms with van der Waals surface area (Å²) < 4.78 is 0. The van der Waals surface area contributed by atoms with Crippen LogP contribution in [0.4, 0.5) is 5.69 Å². The normalized spacial score (nSPS) is 10.3. The van der Waals surface area contributed by atoms with Gasteiger partial charge in [0.1, 0.15) is 0 Å². The van der Waals surface area contributed by atoms with E-state index in [-0.39, 0.29) is 5.91 Å². The lowest BCUT2D eigenvalue weighted by Gasteiger charge is -2.06. The molecule has 0 atom stereocenters. The van der Waals surface area contributed by atoms with Crippen LogP contribution in [0.15, 0.2) is 84.0 Å². The van der Waals surface area contributed by atoms with Crippen LogP contribution in [0.3, 0.4) is 0 Å². The molecule has 1 aromatic heterocycles. The van der Waals surface area contributed by atoms with Crippen LogP contribution in [0.25, 0.3) is 0 Å². The summed E-state index contributed by atoms with van der Waals surface area (Å²) in [6, 6.07) is 23.2. The fourth-order valence-corrected chi connectivity index (χ4v) is 2.94. The largest absolute Gasteiger partial charge is 0.322 e. The van der Waals surface area contributed by atoms with Crippen molar-refractivity contribution in [3.05, 3.63) is 90.1 Å². The van der Waals surface area contributed by atoms with Gasteiger partial charge in [-0.3, -0.25) is 4.79 Å². The molecule has 1 heterocycles. The number of rotatable bonds is 5. The number of pyridine rings is 1. The lowest BCUT2D eigenvalue weighted by molar-refractivity contribution is 0.102. The van der Waals surface area contributed by atoms with Crippen LogP contribution in [0, 0.1) is 0 Å². The zero-order valence-electron chi connectivity index (χ0n) is 12.5. The van der Waals surface area contributed by atoms with Crippen LogP contribution in [-0.2, 0) is 5.75 Å². The number of amides is 1. The van der Waals surface area contributed by atoms with E-state index in [9.17, 15) is 4.79 Å². The van der Waals surface area contributed by atoms with Crippen LogP contribution in [0.5, 0.6) is 0 Å². The minimum absolute atomic E-state index is 0.125. The van der Waals surface area contributed by atoms with E-state index >= 15 is 0 Å². The van der Waals surface area contributed by atoms with E-state index in [1.807, 2.05) is 54.6 Å². The smallest absolute Gasteiger partial charge is 0.255 e. The number of thioether (sulfide) groups is 1. The Hall–Kier alpha value is -2.59. The first-order valence-electron chi connectivity index (χ1n) is 7.30. The van der Waals surface area contributed by atoms with Gasteiger partial charge in [0.05, 0.1) is 5.03 Å². The number of hydrogen-bond donors (Lipinski definition) is 1. The van der Waals surface area contributed by atoms with E-state index in [1.165, 1.54) is 5.56 Å². The van der Waals surface area contributed by atoms with Gasteiger partial charge in [0, 0.05) is 23.2 Å². The molecule has 3 aromatic rings. The van der Waals surface area contributed by atoms with Gasteiger partial charge in [0.15, 0.2) is 0 Å². The van der Waals surface area contributed by atoms with Crippen LogP contribution >= 0.6 is 11.8 Å². The van der Waals surface area contributed by atoms with Gasteiger partial charge in [-0.25, -0.2) is 4.98 Å². The molecule has 0 saturated carbocycles. The molecule has 0 aliphatic carbocycles. The molecule has 3 nitrogen and oxygen atoms in total. The molecule has 0 unspecified atom stereocenters. The number of aromatic nitrogens is 1. The van der Waals surface area contributed by atoms with Crippen molar-refractivity contribution >= 4 is 23.4 Å². The molecule has 114 valence electrons. The predicted octanol–water partition coefficient (Wildman–Crippen LogP) is 4.63. The van der Waals surface area contributed by atoms with Crippen molar-refractivity contribution in [1.29, 1.82) is 0 Å². The highest BCUT2D eigenvalue weighted by molar-refractivity contribution is 7.98. The molecule has 4 heteroatoms. The van der Waals surface area contributed by atoms with E-state index < -0.39 is 0 Å². The van der Waals surface area contributed by atoms with Crippen LogP contribution in [0.1, 0.15) is 15.9 Å². The Morgan fingerprint density at radius 1 is 0.957 bits per heavy atom. The van der Waals surface area contributed by atoms with Gasteiger partial charge >= 0.3 is 0 Å². The summed E-state index contributed by atoms with van der Waals surface area (Å²) in [4.78, 5) is 16.6. The average Bonchev–Trinajstić information content (AvgIpc) is 2.62. The third kappa shape index (κ3) is 4.44. The highest BCUT2D eigenvalue weighted by Gasteiger charge is 2.07. The summed E-state index contributed by atoms with van der Waals surface area (Å²) in [5.41, 5.74) is 2.63. The highest BCUT2D eigenvalue weighted by Crippen LogP contribution is 2.21. The number of nitrogens with one attached hydrogen (secondary N) is 1. The first-order valence-corrected chi connectivity index (χ1v) is 8.29. The molecule has 2 aromatic carbocycles. The number of benzene rings is 2. The van der Waals surface area contributed by atoms with Crippen molar-refractivity contribution in [2.24, 2.45) is 0 Å². The lowest BCUT2D eigenvalue weighted by Crippen LogP contribution is -2.11. The number of anilines is 1. The fraction of sp³-hybridized carbons (Fsp3) is 0.0526. The van der Waals surface area contributed by atoms with Crippen molar-refractivity contribution in [3.8, 4) is 0 Å². The second kappa shape index (κ2) is 7.61. The molecule has 0 spiro atoms. The van der Waals surface area contributed by atoms with Gasteiger partial charge in [-0.15, -0.1) is 11.8 Å². The second-order valence-electron chi connectivity index (χ2n) is 4.98. The molecule has 0 aliphatic rings. The number of para-hydroxylation sites is 1. The summed E-state index contributed by atoms with van der Waals surface area (Å²) in [6.07, 6.45) is 1.67. The third-order valence-corrected chi connectivity index (χ3v) is 4.25. The van der Waals surface area contributed by atoms with Crippen LogP contribution < -0.4 is 5.32 Å². The van der Waals surface area contributed by atoms with Gasteiger partial charge in [-0.05, 0) is 29.8 Å². The molecular weight excluding hydrogens is 304 g/mol. The Balaban J connectivity index is 1.66. The van der Waals surface area contributed by atoms with E-state index in [1.54, 1.807) is 24.0 Å². The summed E-state index contributed by atoms with van der Waals surface area (Å²) in [7, 11) is 0. The molecule has 0 fully saturated rings. The molecule has 1 amide bonds. The zero-order valence-corrected chi connectivity index (χ0v) is 13.3. The lowest BCUT2D eigenvalue weighted by atomic mass is 10.2. The zero-order chi connectivity index (χ0) is 15.9. The molecule has 1 N–H and O–H groups in total. The maximum Gasteiger partial charge on any atom is 0.255 e. The predicted molar refractivity (Wildman–Crippen MR) is 94.6 cm³/mol. The van der Waals surface area contributed by atoms with E-state index in [4.69, 9.17) is 0 Å². The molecule has 0 saturated heterocycles. The van der Waals surface area contributed by atoms with Crippen molar-refractivity contribution in [2.75, 3.05) is 5.32 Å². The van der Waals surface area contributed by atoms with Crippen molar-refractivity contribution in [2.45, 2.75) is 10.8 Å². The molecule has 0 aliphatic heterocycles. The SMILES string of the molecule is O=C(Nc1ccccc1)c1ccnc(SCc2ccccc2)c1. The first-order chi connectivity index (χ1) is 11.3. The summed E-state index contributed by atoms with van der Waals surface area (Å²) in [5, 5.41) is 3.73. The standard InChI is InChI=1S/C19H16N2OS/c22-19(21-17-9-5-2-6-10-17)16-11-12-20-18(13-16)23-14-15-7-3-1-4-8-15/h1-13H,14H2,(H,21,22). The minimum atomic E-state index is -0.125. The molecular formula is C19H16N2OS. The Labute approximate surface area is 139 Å². The number of carbonyl (C=O) groups excluding carboxylic acids is 1. The second-order valence-corrected chi connectivity index (χ2v) is 5.97. The monoisotopic (exact) mass is 320 g/mol. The minimum Gasteiger partial charge on any atom is -0.322 e. The summed E-state index contributed by atoms with van der Waals surface area (Å²) in [5.74, 6) is 0.706. The number of nitrogens with zero attached hydrogens (tertiary/aromatic N) is 1. The van der Waals surface area contributed by atoms with Crippen molar-refractivity contribution in [1.82, 2.24) is 4.98 Å². The van der Waals surface area contributed by atoms with Gasteiger partial charge in [0.25, 0.3) is 5.91 Å². The average molecular weight is 320 g/mol. The first kappa shape index (κ1) is 15.3. The Morgan fingerprint density at radius 3 is 2.39 bits per heavy atom. The van der Waals surface area contributed by atoms with Crippen LogP contribution in [-0.4, -0.2) is 10.9 Å². The van der Waals surface area contributed by atoms with E-state index in [2.05, 4.69) is 22.4 Å². The fourth-order valence-electron chi connectivity index (χ4n) is 2.09. The quantitative estimate of drug-likeness (QED) is 0.697. The van der Waals surface area contributed by atoms with Crippen molar-refractivity contribution < 1.29 is 4.79 Å². The molecule has 0 radical (unpaired) electrons. The van der Waals surface area contributed by atoms with Gasteiger partial charge in [0.2, 0.25) is 0 Å². The Morgan fingerprint density at radius 2 is 1.65 bits per heavy atom. The van der Waals surface area contributed by atoms with E-state index in [0.29, 0.717) is 5.56 Å². The van der Waals surface area contributed by atoms with E-state index in [0.717, 1.165) is 16.5 Å². The molecule has 0 bridgehead atoms.